The predicted molar refractivity (Wildman–Crippen MR) is 153 cm³/mol. The molecule has 37 heavy (non-hydrogen) atoms. The standard InChI is InChI=1S/C31H59N3O3/c1-12-29-33(23(8)13-14-35-29)25(10)16-28-19-37-31(21(4)5)34(26(28)11)24(9)15-27-17-32(22(6)7)30(20(2)3)36-18-27/h12,20-28,30-31H,13-19H2,1-11H3/b29-12-/t23-,24?,25?,26+,27?,28?,30?,31?/m0/s1. The van der Waals surface area contributed by atoms with Crippen molar-refractivity contribution in [2.45, 2.75) is 138 Å². The van der Waals surface area contributed by atoms with Crippen LogP contribution in [0.25, 0.3) is 0 Å². The molecule has 6 nitrogen and oxygen atoms in total. The summed E-state index contributed by atoms with van der Waals surface area (Å²) in [6.45, 7) is 29.1. The van der Waals surface area contributed by atoms with Gasteiger partial charge in [0.15, 0.2) is 5.88 Å². The molecular formula is C31H59N3O3. The normalized spacial score (nSPS) is 35.4. The van der Waals surface area contributed by atoms with Gasteiger partial charge in [0.25, 0.3) is 0 Å². The minimum absolute atomic E-state index is 0.175. The number of ether oxygens (including phenoxy) is 3. The van der Waals surface area contributed by atoms with Crippen LogP contribution in [0.3, 0.4) is 0 Å². The van der Waals surface area contributed by atoms with Crippen LogP contribution in [0.4, 0.5) is 0 Å². The topological polar surface area (TPSA) is 37.4 Å². The Morgan fingerprint density at radius 2 is 1.51 bits per heavy atom. The van der Waals surface area contributed by atoms with Crippen molar-refractivity contribution in [1.29, 1.82) is 0 Å². The summed E-state index contributed by atoms with van der Waals surface area (Å²) in [5, 5.41) is 0. The van der Waals surface area contributed by atoms with Crippen LogP contribution in [0, 0.1) is 23.7 Å². The highest BCUT2D eigenvalue weighted by Gasteiger charge is 2.42. The minimum Gasteiger partial charge on any atom is -0.479 e. The van der Waals surface area contributed by atoms with Crippen LogP contribution in [-0.2, 0) is 14.2 Å². The Morgan fingerprint density at radius 3 is 2.11 bits per heavy atom. The van der Waals surface area contributed by atoms with E-state index in [1.807, 2.05) is 0 Å². The van der Waals surface area contributed by atoms with Crippen LogP contribution in [0.2, 0.25) is 0 Å². The number of allylic oxidation sites excluding steroid dienone is 1. The van der Waals surface area contributed by atoms with E-state index in [1.165, 1.54) is 0 Å². The van der Waals surface area contributed by atoms with Crippen molar-refractivity contribution in [1.82, 2.24) is 14.7 Å². The smallest absolute Gasteiger partial charge is 0.185 e. The van der Waals surface area contributed by atoms with E-state index in [0.29, 0.717) is 53.9 Å². The quantitative estimate of drug-likeness (QED) is 0.361. The van der Waals surface area contributed by atoms with Gasteiger partial charge in [-0.25, -0.2) is 0 Å². The molecule has 216 valence electrons. The van der Waals surface area contributed by atoms with E-state index >= 15 is 0 Å². The largest absolute Gasteiger partial charge is 0.479 e. The molecule has 6 heteroatoms. The summed E-state index contributed by atoms with van der Waals surface area (Å²) in [6, 6.07) is 2.35. The van der Waals surface area contributed by atoms with E-state index in [0.717, 1.165) is 51.5 Å². The Kier molecular flexibility index (Phi) is 11.2. The van der Waals surface area contributed by atoms with E-state index in [9.17, 15) is 0 Å². The lowest BCUT2D eigenvalue weighted by atomic mass is 9.87. The van der Waals surface area contributed by atoms with Crippen molar-refractivity contribution in [2.24, 2.45) is 23.7 Å². The SMILES string of the molecule is C/C=C1\OCC[C@H](C)N1C(C)CC1COC(C(C)C)N(C(C)CC2COC(C(C)C)N(C(C)C)C2)[C@@H]1C. The third-order valence-corrected chi connectivity index (χ3v) is 9.09. The Hall–Kier alpha value is -0.820. The highest BCUT2D eigenvalue weighted by molar-refractivity contribution is 5.00. The van der Waals surface area contributed by atoms with E-state index in [1.54, 1.807) is 0 Å². The monoisotopic (exact) mass is 521 g/mol. The molecule has 0 aliphatic carbocycles. The van der Waals surface area contributed by atoms with Crippen molar-refractivity contribution >= 4 is 0 Å². The zero-order valence-electron chi connectivity index (χ0n) is 25.9. The molecular weight excluding hydrogens is 462 g/mol. The summed E-state index contributed by atoms with van der Waals surface area (Å²) in [4.78, 5) is 7.79. The first kappa shape index (κ1) is 30.7. The first-order valence-corrected chi connectivity index (χ1v) is 15.3. The fourth-order valence-corrected chi connectivity index (χ4v) is 7.19. The van der Waals surface area contributed by atoms with Gasteiger partial charge >= 0.3 is 0 Å². The second-order valence-electron chi connectivity index (χ2n) is 13.2. The molecule has 3 rings (SSSR count). The first-order valence-electron chi connectivity index (χ1n) is 15.3. The molecule has 0 N–H and O–H groups in total. The van der Waals surface area contributed by atoms with E-state index in [4.69, 9.17) is 14.2 Å². The summed E-state index contributed by atoms with van der Waals surface area (Å²) in [6.07, 6.45) is 5.89. The molecule has 0 radical (unpaired) electrons. The maximum Gasteiger partial charge on any atom is 0.185 e. The molecule has 0 saturated carbocycles. The molecule has 3 fully saturated rings. The second-order valence-corrected chi connectivity index (χ2v) is 13.2. The number of hydrogen-bond donors (Lipinski definition) is 0. The van der Waals surface area contributed by atoms with Crippen molar-refractivity contribution < 1.29 is 14.2 Å². The Labute approximate surface area is 229 Å². The van der Waals surface area contributed by atoms with E-state index < -0.39 is 0 Å². The fourth-order valence-electron chi connectivity index (χ4n) is 7.19. The van der Waals surface area contributed by atoms with Gasteiger partial charge in [0.05, 0.1) is 19.8 Å². The highest BCUT2D eigenvalue weighted by Crippen LogP contribution is 2.36. The second kappa shape index (κ2) is 13.5. The number of nitrogens with zero attached hydrogens (tertiary/aromatic N) is 3. The van der Waals surface area contributed by atoms with Crippen LogP contribution in [-0.4, -0.2) is 83.7 Å². The van der Waals surface area contributed by atoms with Crippen LogP contribution in [0.15, 0.2) is 12.0 Å². The van der Waals surface area contributed by atoms with Gasteiger partial charge < -0.3 is 19.1 Å². The summed E-state index contributed by atoms with van der Waals surface area (Å²) < 4.78 is 19.1. The van der Waals surface area contributed by atoms with Gasteiger partial charge in [-0.2, -0.15) is 0 Å². The van der Waals surface area contributed by atoms with Crippen molar-refractivity contribution in [2.75, 3.05) is 26.4 Å². The predicted octanol–water partition coefficient (Wildman–Crippen LogP) is 6.17. The molecule has 0 amide bonds. The molecule has 3 aliphatic rings. The van der Waals surface area contributed by atoms with Crippen molar-refractivity contribution in [3.05, 3.63) is 12.0 Å². The minimum atomic E-state index is 0.175. The van der Waals surface area contributed by atoms with Gasteiger partial charge in [0.2, 0.25) is 0 Å². The fraction of sp³-hybridized carbons (Fsp3) is 0.935. The molecule has 0 aromatic rings. The van der Waals surface area contributed by atoms with Crippen LogP contribution in [0.1, 0.15) is 95.4 Å². The molecule has 0 spiro atoms. The molecule has 3 saturated heterocycles. The van der Waals surface area contributed by atoms with Gasteiger partial charge in [0.1, 0.15) is 12.5 Å². The van der Waals surface area contributed by atoms with Gasteiger partial charge in [-0.3, -0.25) is 9.80 Å². The van der Waals surface area contributed by atoms with Gasteiger partial charge in [-0.15, -0.1) is 0 Å². The lowest BCUT2D eigenvalue weighted by Gasteiger charge is -2.52. The number of hydrogen-bond acceptors (Lipinski definition) is 6. The summed E-state index contributed by atoms with van der Waals surface area (Å²) in [5.41, 5.74) is 0. The van der Waals surface area contributed by atoms with Gasteiger partial charge in [0, 0.05) is 43.2 Å². The maximum absolute atomic E-state index is 6.64. The lowest BCUT2D eigenvalue weighted by Crippen LogP contribution is -2.60. The molecule has 0 aromatic heterocycles. The molecule has 3 aliphatic heterocycles. The Balaban J connectivity index is 1.70. The van der Waals surface area contributed by atoms with Crippen molar-refractivity contribution in [3.8, 4) is 0 Å². The molecule has 3 heterocycles. The Morgan fingerprint density at radius 1 is 0.865 bits per heavy atom. The summed E-state index contributed by atoms with van der Waals surface area (Å²) in [5.74, 6) is 3.08. The average Bonchev–Trinajstić information content (AvgIpc) is 2.84. The third kappa shape index (κ3) is 7.23. The van der Waals surface area contributed by atoms with Crippen molar-refractivity contribution in [3.63, 3.8) is 0 Å². The Bertz CT molecular complexity index is 726. The van der Waals surface area contributed by atoms with Crippen LogP contribution in [0.5, 0.6) is 0 Å². The highest BCUT2D eigenvalue weighted by atomic mass is 16.5. The molecule has 0 bridgehead atoms. The lowest BCUT2D eigenvalue weighted by molar-refractivity contribution is -0.191. The average molecular weight is 522 g/mol. The maximum atomic E-state index is 6.64. The number of rotatable bonds is 9. The summed E-state index contributed by atoms with van der Waals surface area (Å²) >= 11 is 0. The zero-order chi connectivity index (χ0) is 27.4. The molecule has 0 aromatic carbocycles. The summed E-state index contributed by atoms with van der Waals surface area (Å²) in [7, 11) is 0. The zero-order valence-corrected chi connectivity index (χ0v) is 25.9. The van der Waals surface area contributed by atoms with E-state index in [2.05, 4.69) is 96.9 Å². The van der Waals surface area contributed by atoms with Gasteiger partial charge in [-0.1, -0.05) is 27.7 Å². The first-order chi connectivity index (χ1) is 17.5. The van der Waals surface area contributed by atoms with Gasteiger partial charge in [-0.05, 0) is 91.1 Å². The van der Waals surface area contributed by atoms with Crippen LogP contribution >= 0.6 is 0 Å². The third-order valence-electron chi connectivity index (χ3n) is 9.09. The molecule has 6 unspecified atom stereocenters. The van der Waals surface area contributed by atoms with Crippen LogP contribution < -0.4 is 0 Å². The molecule has 8 atom stereocenters. The van der Waals surface area contributed by atoms with E-state index in [-0.39, 0.29) is 12.5 Å².